The summed E-state index contributed by atoms with van der Waals surface area (Å²) >= 11 is 0. The van der Waals surface area contributed by atoms with Crippen LogP contribution in [0.1, 0.15) is 47.7 Å². The van der Waals surface area contributed by atoms with Gasteiger partial charge in [0.25, 0.3) is 0 Å². The molecule has 1 aliphatic carbocycles. The average molecular weight is 554 g/mol. The first kappa shape index (κ1) is 26.3. The van der Waals surface area contributed by atoms with Gasteiger partial charge >= 0.3 is 11.9 Å². The van der Waals surface area contributed by atoms with Gasteiger partial charge in [-0.05, 0) is 48.1 Å². The number of carbonyl (C=O) groups excluding carboxylic acids is 1. The molecule has 12 heteroatoms. The second kappa shape index (κ2) is 10.2. The molecule has 2 fully saturated rings. The lowest BCUT2D eigenvalue weighted by Gasteiger charge is -2.33. The summed E-state index contributed by atoms with van der Waals surface area (Å²) in [6, 6.07) is 8.54. The second-order valence-electron chi connectivity index (χ2n) is 10.8. The Bertz CT molecular complexity index is 1590. The number of rotatable bonds is 7. The zero-order valence-electron chi connectivity index (χ0n) is 22.1. The predicted molar refractivity (Wildman–Crippen MR) is 141 cm³/mol. The van der Waals surface area contributed by atoms with E-state index in [4.69, 9.17) is 0 Å². The number of imidazole rings is 1. The minimum absolute atomic E-state index is 0.0223. The Morgan fingerprint density at radius 1 is 1.10 bits per heavy atom. The molecule has 0 spiro atoms. The molecule has 0 unspecified atom stereocenters. The third-order valence-corrected chi connectivity index (χ3v) is 8.24. The Labute approximate surface area is 228 Å². The number of benzene rings is 1. The highest BCUT2D eigenvalue weighted by atomic mass is 19.4. The molecule has 1 aliphatic heterocycles. The van der Waals surface area contributed by atoms with Gasteiger partial charge in [-0.25, -0.2) is 4.79 Å². The number of amides is 1. The number of pyridine rings is 1. The minimum Gasteiger partial charge on any atom is -0.343 e. The van der Waals surface area contributed by atoms with Crippen molar-refractivity contribution in [3.63, 3.8) is 0 Å². The number of aryl methyl sites for hydroxylation is 1. The van der Waals surface area contributed by atoms with Crippen molar-refractivity contribution in [1.82, 2.24) is 33.5 Å². The quantitative estimate of drug-likeness (QED) is 0.328. The van der Waals surface area contributed by atoms with Gasteiger partial charge in [-0.1, -0.05) is 18.6 Å². The lowest BCUT2D eigenvalue weighted by atomic mass is 9.72. The molecule has 6 rings (SSSR count). The summed E-state index contributed by atoms with van der Waals surface area (Å²) in [6.45, 7) is 2.38. The molecule has 1 atom stereocenters. The number of halogens is 3. The number of aromatic nitrogens is 5. The van der Waals surface area contributed by atoms with Crippen LogP contribution in [0.3, 0.4) is 0 Å². The number of hydrogen-bond donors (Lipinski definition) is 0. The van der Waals surface area contributed by atoms with Gasteiger partial charge in [0.1, 0.15) is 12.2 Å². The maximum Gasteiger partial charge on any atom is 0.418 e. The Morgan fingerprint density at radius 3 is 2.50 bits per heavy atom. The summed E-state index contributed by atoms with van der Waals surface area (Å²) in [7, 11) is 1.90. The zero-order chi connectivity index (χ0) is 28.0. The third kappa shape index (κ3) is 4.80. The van der Waals surface area contributed by atoms with Gasteiger partial charge in [-0.3, -0.25) is 18.7 Å². The number of hydrogen-bond acceptors (Lipinski definition) is 5. The molecule has 0 radical (unpaired) electrons. The van der Waals surface area contributed by atoms with E-state index in [1.54, 1.807) is 17.3 Å². The lowest BCUT2D eigenvalue weighted by molar-refractivity contribution is -0.136. The van der Waals surface area contributed by atoms with Crippen LogP contribution < -0.4 is 5.69 Å². The number of nitrogens with zero attached hydrogens (tertiary/aromatic N) is 7. The summed E-state index contributed by atoms with van der Waals surface area (Å²) in [4.78, 5) is 28.2. The minimum atomic E-state index is -4.64. The molecule has 1 saturated heterocycles. The van der Waals surface area contributed by atoms with E-state index in [2.05, 4.69) is 10.2 Å². The van der Waals surface area contributed by atoms with Gasteiger partial charge in [-0.2, -0.15) is 13.2 Å². The number of fused-ring (bicyclic) bond motifs is 1. The Balaban J connectivity index is 1.40. The van der Waals surface area contributed by atoms with E-state index >= 15 is 0 Å². The number of piperazine rings is 1. The van der Waals surface area contributed by atoms with Gasteiger partial charge in [0.2, 0.25) is 6.41 Å². The molecule has 2 aliphatic rings. The van der Waals surface area contributed by atoms with Crippen molar-refractivity contribution in [3.8, 4) is 5.69 Å². The van der Waals surface area contributed by atoms with Crippen LogP contribution in [0.5, 0.6) is 0 Å². The van der Waals surface area contributed by atoms with E-state index in [-0.39, 0.29) is 18.0 Å². The molecule has 1 saturated carbocycles. The van der Waals surface area contributed by atoms with Gasteiger partial charge < -0.3 is 9.47 Å². The molecule has 3 aromatic heterocycles. The Hall–Kier alpha value is -3.93. The fourth-order valence-corrected chi connectivity index (χ4v) is 5.88. The monoisotopic (exact) mass is 553 g/mol. The van der Waals surface area contributed by atoms with Crippen LogP contribution in [0, 0.1) is 5.92 Å². The smallest absolute Gasteiger partial charge is 0.343 e. The highest BCUT2D eigenvalue weighted by Gasteiger charge is 2.35. The molecule has 0 bridgehead atoms. The fourth-order valence-electron chi connectivity index (χ4n) is 5.88. The molecule has 1 aromatic carbocycles. The third-order valence-electron chi connectivity index (χ3n) is 8.24. The average Bonchev–Trinajstić information content (AvgIpc) is 3.48. The topological polar surface area (TPSA) is 80.7 Å². The highest BCUT2D eigenvalue weighted by Crippen LogP contribution is 2.43. The van der Waals surface area contributed by atoms with Gasteiger partial charge in [0.05, 0.1) is 16.8 Å². The molecule has 210 valence electrons. The summed E-state index contributed by atoms with van der Waals surface area (Å²) < 4.78 is 46.9. The van der Waals surface area contributed by atoms with E-state index in [1.165, 1.54) is 17.0 Å². The van der Waals surface area contributed by atoms with E-state index in [0.29, 0.717) is 43.3 Å². The molecule has 4 heterocycles. The van der Waals surface area contributed by atoms with E-state index < -0.39 is 17.4 Å². The second-order valence-corrected chi connectivity index (χ2v) is 10.8. The summed E-state index contributed by atoms with van der Waals surface area (Å²) in [5, 5.41) is 8.40. The predicted octanol–water partition coefficient (Wildman–Crippen LogP) is 3.44. The van der Waals surface area contributed by atoms with Crippen LogP contribution in [-0.4, -0.2) is 66.1 Å². The summed E-state index contributed by atoms with van der Waals surface area (Å²) in [6.07, 6.45) is 3.82. The molecular formula is C28H30F3N7O2. The van der Waals surface area contributed by atoms with Gasteiger partial charge in [0, 0.05) is 58.1 Å². The van der Waals surface area contributed by atoms with E-state index in [9.17, 15) is 22.8 Å². The van der Waals surface area contributed by atoms with Crippen LogP contribution in [0.2, 0.25) is 0 Å². The Kier molecular flexibility index (Phi) is 6.73. The first-order valence-electron chi connectivity index (χ1n) is 13.4. The number of alkyl halides is 3. The van der Waals surface area contributed by atoms with Crippen molar-refractivity contribution in [1.29, 1.82) is 0 Å². The first-order chi connectivity index (χ1) is 19.2. The molecule has 40 heavy (non-hydrogen) atoms. The largest absolute Gasteiger partial charge is 0.418 e. The van der Waals surface area contributed by atoms with Crippen molar-refractivity contribution in [2.75, 3.05) is 26.2 Å². The Morgan fingerprint density at radius 2 is 1.88 bits per heavy atom. The van der Waals surface area contributed by atoms with Crippen molar-refractivity contribution < 1.29 is 18.0 Å². The molecule has 4 aromatic rings. The van der Waals surface area contributed by atoms with Crippen molar-refractivity contribution in [3.05, 3.63) is 82.1 Å². The van der Waals surface area contributed by atoms with E-state index in [1.807, 2.05) is 34.7 Å². The fraction of sp³-hybridized carbons (Fsp3) is 0.429. The van der Waals surface area contributed by atoms with Crippen LogP contribution in [0.15, 0.2) is 53.8 Å². The van der Waals surface area contributed by atoms with Crippen molar-refractivity contribution in [2.24, 2.45) is 13.0 Å². The standard InChI is InChI=1S/C28H30F3N7O2/c1-34-17-32-33-26(34)25(20-4-2-5-20)21-6-3-7-22(13-21)37-16-24-23(28(29,30)31)12-19(15-38(24)27(37)40)14-35-8-10-36(18-39)11-9-35/h3,6-7,12-13,15-18,20,25H,2,4-5,8-11,14H2,1H3/t25-/m0/s1. The molecule has 0 N–H and O–H groups in total. The van der Waals surface area contributed by atoms with Crippen LogP contribution >= 0.6 is 0 Å². The van der Waals surface area contributed by atoms with Crippen LogP contribution in [-0.2, 0) is 24.6 Å². The normalized spacial score (nSPS) is 17.8. The van der Waals surface area contributed by atoms with Crippen LogP contribution in [0.25, 0.3) is 11.2 Å². The highest BCUT2D eigenvalue weighted by molar-refractivity contribution is 5.58. The molecule has 1 amide bonds. The SMILES string of the molecule is Cn1cnnc1[C@H](c1cccc(-n2cc3c(C(F)(F)F)cc(CN4CCN(C=O)CC4)cn3c2=O)c1)C1CCC1. The van der Waals surface area contributed by atoms with Gasteiger partial charge in [0.15, 0.2) is 0 Å². The first-order valence-corrected chi connectivity index (χ1v) is 13.4. The zero-order valence-corrected chi connectivity index (χ0v) is 22.1. The molecular weight excluding hydrogens is 523 g/mol. The summed E-state index contributed by atoms with van der Waals surface area (Å²) in [5.41, 5.74) is 0.227. The van der Waals surface area contributed by atoms with Crippen molar-refractivity contribution >= 4 is 11.9 Å². The van der Waals surface area contributed by atoms with Crippen LogP contribution in [0.4, 0.5) is 13.2 Å². The van der Waals surface area contributed by atoms with Crippen molar-refractivity contribution in [2.45, 2.75) is 37.9 Å². The van der Waals surface area contributed by atoms with E-state index in [0.717, 1.165) is 47.5 Å². The molecule has 9 nitrogen and oxygen atoms in total. The maximum absolute atomic E-state index is 14.2. The van der Waals surface area contributed by atoms with Gasteiger partial charge in [-0.15, -0.1) is 10.2 Å². The lowest BCUT2D eigenvalue weighted by Crippen LogP contribution is -2.45. The summed E-state index contributed by atoms with van der Waals surface area (Å²) in [5.74, 6) is 1.19. The maximum atomic E-state index is 14.2. The number of carbonyl (C=O) groups is 1.